The van der Waals surface area contributed by atoms with Crippen LogP contribution in [0.4, 0.5) is 11.4 Å². The van der Waals surface area contributed by atoms with E-state index in [4.69, 9.17) is 10.5 Å². The Balaban J connectivity index is 1.90. The topological polar surface area (TPSA) is 50.5 Å². The third-order valence-electron chi connectivity index (χ3n) is 2.88. The molecule has 0 amide bonds. The van der Waals surface area contributed by atoms with Crippen molar-refractivity contribution in [3.63, 3.8) is 0 Å². The molecule has 0 aliphatic carbocycles. The van der Waals surface area contributed by atoms with E-state index in [9.17, 15) is 0 Å². The Kier molecular flexibility index (Phi) is 4.25. The molecule has 0 aromatic heterocycles. The molecule has 17 heavy (non-hydrogen) atoms. The van der Waals surface area contributed by atoms with Crippen LogP contribution in [0.15, 0.2) is 22.7 Å². The number of likely N-dealkylation sites (N-methyl/N-ethyl adjacent to an activating group) is 1. The lowest BCUT2D eigenvalue weighted by Gasteiger charge is -2.30. The van der Waals surface area contributed by atoms with Crippen LogP contribution in [0.25, 0.3) is 0 Å². The molecular weight excluding hydrogens is 282 g/mol. The summed E-state index contributed by atoms with van der Waals surface area (Å²) in [4.78, 5) is 2.28. The van der Waals surface area contributed by atoms with E-state index in [-0.39, 0.29) is 6.10 Å². The molecule has 2 rings (SSSR count). The van der Waals surface area contributed by atoms with Gasteiger partial charge in [0.05, 0.1) is 24.1 Å². The predicted molar refractivity (Wildman–Crippen MR) is 74.3 cm³/mol. The first-order valence-electron chi connectivity index (χ1n) is 5.74. The third-order valence-corrected chi connectivity index (χ3v) is 3.37. The minimum atomic E-state index is 0.229. The van der Waals surface area contributed by atoms with Gasteiger partial charge in [-0.25, -0.2) is 0 Å². The second kappa shape index (κ2) is 5.71. The van der Waals surface area contributed by atoms with Crippen molar-refractivity contribution in [2.24, 2.45) is 0 Å². The van der Waals surface area contributed by atoms with Crippen molar-refractivity contribution in [3.8, 4) is 0 Å². The molecule has 5 heteroatoms. The molecule has 0 spiro atoms. The van der Waals surface area contributed by atoms with Crippen LogP contribution in [0.1, 0.15) is 0 Å². The Morgan fingerprint density at radius 1 is 1.59 bits per heavy atom. The van der Waals surface area contributed by atoms with Crippen LogP contribution in [-0.2, 0) is 4.74 Å². The zero-order valence-electron chi connectivity index (χ0n) is 9.95. The molecule has 0 bridgehead atoms. The molecule has 94 valence electrons. The summed E-state index contributed by atoms with van der Waals surface area (Å²) < 4.78 is 6.71. The number of morpholine rings is 1. The lowest BCUT2D eigenvalue weighted by atomic mass is 10.2. The largest absolute Gasteiger partial charge is 0.397 e. The van der Waals surface area contributed by atoms with E-state index in [2.05, 4.69) is 33.2 Å². The number of nitrogens with two attached hydrogens (primary N) is 1. The Bertz CT molecular complexity index is 386. The van der Waals surface area contributed by atoms with Gasteiger partial charge >= 0.3 is 0 Å². The van der Waals surface area contributed by atoms with Gasteiger partial charge in [-0.1, -0.05) is 15.9 Å². The lowest BCUT2D eigenvalue weighted by molar-refractivity contribution is -0.0117. The number of benzene rings is 1. The van der Waals surface area contributed by atoms with E-state index in [1.54, 1.807) is 0 Å². The molecule has 1 heterocycles. The molecule has 1 fully saturated rings. The van der Waals surface area contributed by atoms with Gasteiger partial charge < -0.3 is 20.7 Å². The van der Waals surface area contributed by atoms with E-state index < -0.39 is 0 Å². The Hall–Kier alpha value is -0.780. The summed E-state index contributed by atoms with van der Waals surface area (Å²) in [6, 6.07) is 5.81. The van der Waals surface area contributed by atoms with Crippen LogP contribution in [0, 0.1) is 0 Å². The maximum absolute atomic E-state index is 5.90. The standard InChI is InChI=1S/C12H18BrN3O/c1-16-4-5-17-10(8-16)7-15-12-6-9(13)2-3-11(12)14/h2-3,6,10,15H,4-5,7-8,14H2,1H3. The number of ether oxygens (including phenoxy) is 1. The van der Waals surface area contributed by atoms with E-state index in [1.165, 1.54) is 0 Å². The Labute approximate surface area is 110 Å². The van der Waals surface area contributed by atoms with E-state index in [0.717, 1.165) is 42.1 Å². The van der Waals surface area contributed by atoms with Crippen molar-refractivity contribution in [2.45, 2.75) is 6.10 Å². The highest BCUT2D eigenvalue weighted by molar-refractivity contribution is 9.10. The highest BCUT2D eigenvalue weighted by Gasteiger charge is 2.17. The number of rotatable bonds is 3. The highest BCUT2D eigenvalue weighted by atomic mass is 79.9. The minimum absolute atomic E-state index is 0.229. The van der Waals surface area contributed by atoms with E-state index in [1.807, 2.05) is 18.2 Å². The number of hydrogen-bond acceptors (Lipinski definition) is 4. The minimum Gasteiger partial charge on any atom is -0.397 e. The van der Waals surface area contributed by atoms with Gasteiger partial charge in [0.15, 0.2) is 0 Å². The molecule has 1 aliphatic heterocycles. The summed E-state index contributed by atoms with van der Waals surface area (Å²) in [5.74, 6) is 0. The van der Waals surface area contributed by atoms with Crippen molar-refractivity contribution in [2.75, 3.05) is 44.3 Å². The first-order valence-corrected chi connectivity index (χ1v) is 6.53. The average Bonchev–Trinajstić information content (AvgIpc) is 2.30. The maximum Gasteiger partial charge on any atom is 0.0874 e. The molecule has 1 atom stereocenters. The molecule has 1 aliphatic rings. The van der Waals surface area contributed by atoms with Gasteiger partial charge in [-0.05, 0) is 25.2 Å². The van der Waals surface area contributed by atoms with Gasteiger partial charge in [0.2, 0.25) is 0 Å². The summed E-state index contributed by atoms with van der Waals surface area (Å²) in [7, 11) is 2.11. The van der Waals surface area contributed by atoms with Gasteiger partial charge in [-0.3, -0.25) is 0 Å². The van der Waals surface area contributed by atoms with E-state index in [0.29, 0.717) is 0 Å². The zero-order valence-corrected chi connectivity index (χ0v) is 11.5. The molecule has 3 N–H and O–H groups in total. The molecule has 1 unspecified atom stereocenters. The summed E-state index contributed by atoms with van der Waals surface area (Å²) in [5.41, 5.74) is 7.61. The smallest absolute Gasteiger partial charge is 0.0874 e. The Morgan fingerprint density at radius 3 is 3.18 bits per heavy atom. The normalized spacial score (nSPS) is 21.4. The second-order valence-corrected chi connectivity index (χ2v) is 5.28. The second-order valence-electron chi connectivity index (χ2n) is 4.37. The molecule has 0 radical (unpaired) electrons. The first kappa shape index (κ1) is 12.7. The van der Waals surface area contributed by atoms with Crippen molar-refractivity contribution in [1.29, 1.82) is 0 Å². The number of nitrogen functional groups attached to an aromatic ring is 1. The first-order chi connectivity index (χ1) is 8.15. The number of anilines is 2. The number of nitrogens with one attached hydrogen (secondary N) is 1. The van der Waals surface area contributed by atoms with Gasteiger partial charge in [-0.15, -0.1) is 0 Å². The van der Waals surface area contributed by atoms with Crippen LogP contribution >= 0.6 is 15.9 Å². The Morgan fingerprint density at radius 2 is 2.41 bits per heavy atom. The van der Waals surface area contributed by atoms with Gasteiger partial charge in [0, 0.05) is 24.1 Å². The summed E-state index contributed by atoms with van der Waals surface area (Å²) in [6.45, 7) is 3.55. The van der Waals surface area contributed by atoms with Gasteiger partial charge in [0.1, 0.15) is 0 Å². The summed E-state index contributed by atoms with van der Waals surface area (Å²) >= 11 is 3.44. The fraction of sp³-hybridized carbons (Fsp3) is 0.500. The van der Waals surface area contributed by atoms with Crippen molar-refractivity contribution >= 4 is 27.3 Å². The zero-order chi connectivity index (χ0) is 12.3. The predicted octanol–water partition coefficient (Wildman–Crippen LogP) is 1.77. The molecular formula is C12H18BrN3O. The van der Waals surface area contributed by atoms with Crippen molar-refractivity contribution in [3.05, 3.63) is 22.7 Å². The molecule has 0 saturated carbocycles. The fourth-order valence-corrected chi connectivity index (χ4v) is 2.26. The van der Waals surface area contributed by atoms with Crippen LogP contribution in [-0.4, -0.2) is 44.3 Å². The quantitative estimate of drug-likeness (QED) is 0.836. The van der Waals surface area contributed by atoms with Gasteiger partial charge in [-0.2, -0.15) is 0 Å². The van der Waals surface area contributed by atoms with Gasteiger partial charge in [0.25, 0.3) is 0 Å². The number of nitrogens with zero attached hydrogens (tertiary/aromatic N) is 1. The molecule has 1 saturated heterocycles. The maximum atomic E-state index is 5.90. The van der Waals surface area contributed by atoms with E-state index >= 15 is 0 Å². The van der Waals surface area contributed by atoms with Crippen LogP contribution in [0.5, 0.6) is 0 Å². The van der Waals surface area contributed by atoms with Crippen LogP contribution < -0.4 is 11.1 Å². The third kappa shape index (κ3) is 3.59. The summed E-state index contributed by atoms with van der Waals surface area (Å²) in [5, 5.41) is 3.34. The van der Waals surface area contributed by atoms with Crippen molar-refractivity contribution < 1.29 is 4.74 Å². The fourth-order valence-electron chi connectivity index (χ4n) is 1.90. The van der Waals surface area contributed by atoms with Crippen LogP contribution in [0.3, 0.4) is 0 Å². The number of hydrogen-bond donors (Lipinski definition) is 2. The monoisotopic (exact) mass is 299 g/mol. The molecule has 1 aromatic carbocycles. The van der Waals surface area contributed by atoms with Crippen molar-refractivity contribution in [1.82, 2.24) is 4.90 Å². The molecule has 4 nitrogen and oxygen atoms in total. The van der Waals surface area contributed by atoms with Crippen LogP contribution in [0.2, 0.25) is 0 Å². The molecule has 1 aromatic rings. The lowest BCUT2D eigenvalue weighted by Crippen LogP contribution is -2.43. The highest BCUT2D eigenvalue weighted by Crippen LogP contribution is 2.23. The average molecular weight is 300 g/mol. The summed E-state index contributed by atoms with van der Waals surface area (Å²) in [6.07, 6.45) is 0.229. The number of halogens is 1. The SMILES string of the molecule is CN1CCOC(CNc2cc(Br)ccc2N)C1.